The molecule has 1 atom stereocenters. The number of piperidine rings is 1. The molecule has 22 heavy (non-hydrogen) atoms. The van der Waals surface area contributed by atoms with Gasteiger partial charge in [-0.2, -0.15) is 0 Å². The molecule has 2 nitrogen and oxygen atoms in total. The van der Waals surface area contributed by atoms with Crippen LogP contribution >= 0.6 is 11.6 Å². The lowest BCUT2D eigenvalue weighted by atomic mass is 9.97. The molecule has 3 rings (SSSR count). The number of ether oxygens (including phenoxy) is 1. The van der Waals surface area contributed by atoms with Crippen LogP contribution in [0.1, 0.15) is 19.3 Å². The van der Waals surface area contributed by atoms with Gasteiger partial charge >= 0.3 is 0 Å². The second-order valence-electron chi connectivity index (χ2n) is 5.86. The minimum absolute atomic E-state index is 0.737. The highest BCUT2D eigenvalue weighted by Gasteiger charge is 2.13. The van der Waals surface area contributed by atoms with E-state index in [1.807, 2.05) is 36.4 Å². The van der Waals surface area contributed by atoms with Gasteiger partial charge in [-0.1, -0.05) is 41.9 Å². The molecule has 116 valence electrons. The molecule has 0 unspecified atom stereocenters. The first kappa shape index (κ1) is 15.4. The average molecular weight is 316 g/mol. The predicted molar refractivity (Wildman–Crippen MR) is 92.6 cm³/mol. The van der Waals surface area contributed by atoms with Crippen molar-refractivity contribution in [2.45, 2.75) is 19.3 Å². The number of halogens is 1. The van der Waals surface area contributed by atoms with Gasteiger partial charge in [0, 0.05) is 10.6 Å². The van der Waals surface area contributed by atoms with Crippen molar-refractivity contribution >= 4 is 11.6 Å². The van der Waals surface area contributed by atoms with Crippen LogP contribution in [0.15, 0.2) is 48.5 Å². The lowest BCUT2D eigenvalue weighted by Gasteiger charge is -2.23. The van der Waals surface area contributed by atoms with Gasteiger partial charge in [0.1, 0.15) is 5.75 Å². The van der Waals surface area contributed by atoms with Gasteiger partial charge in [-0.05, 0) is 62.0 Å². The van der Waals surface area contributed by atoms with Crippen molar-refractivity contribution in [1.29, 1.82) is 0 Å². The first-order valence-corrected chi connectivity index (χ1v) is 8.39. The molecule has 1 saturated heterocycles. The van der Waals surface area contributed by atoms with E-state index >= 15 is 0 Å². The zero-order valence-corrected chi connectivity index (χ0v) is 13.5. The molecule has 1 heterocycles. The van der Waals surface area contributed by atoms with Gasteiger partial charge in [-0.25, -0.2) is 0 Å². The summed E-state index contributed by atoms with van der Waals surface area (Å²) < 4.78 is 6.06. The monoisotopic (exact) mass is 315 g/mol. The van der Waals surface area contributed by atoms with Crippen molar-refractivity contribution in [2.24, 2.45) is 5.92 Å². The smallest absolute Gasteiger partial charge is 0.127 e. The van der Waals surface area contributed by atoms with Gasteiger partial charge in [0.25, 0.3) is 0 Å². The van der Waals surface area contributed by atoms with E-state index in [4.69, 9.17) is 16.3 Å². The Morgan fingerprint density at radius 2 is 2.00 bits per heavy atom. The van der Waals surface area contributed by atoms with Crippen LogP contribution in [-0.2, 0) is 0 Å². The molecule has 1 fully saturated rings. The largest absolute Gasteiger partial charge is 0.493 e. The fourth-order valence-electron chi connectivity index (χ4n) is 2.98. The van der Waals surface area contributed by atoms with Crippen molar-refractivity contribution in [3.63, 3.8) is 0 Å². The van der Waals surface area contributed by atoms with Gasteiger partial charge in [-0.15, -0.1) is 0 Å². The molecule has 1 N–H and O–H groups in total. The van der Waals surface area contributed by atoms with Gasteiger partial charge < -0.3 is 10.1 Å². The molecule has 2 aromatic rings. The van der Waals surface area contributed by atoms with E-state index in [9.17, 15) is 0 Å². The van der Waals surface area contributed by atoms with Crippen molar-refractivity contribution in [3.8, 4) is 16.9 Å². The highest BCUT2D eigenvalue weighted by molar-refractivity contribution is 6.31. The van der Waals surface area contributed by atoms with E-state index in [1.165, 1.54) is 12.8 Å². The molecule has 0 radical (unpaired) electrons. The van der Waals surface area contributed by atoms with Crippen LogP contribution < -0.4 is 10.1 Å². The summed E-state index contributed by atoms with van der Waals surface area (Å²) >= 11 is 6.16. The summed E-state index contributed by atoms with van der Waals surface area (Å²) in [6, 6.07) is 16.1. The summed E-state index contributed by atoms with van der Waals surface area (Å²) in [5.74, 6) is 1.65. The number of hydrogen-bond acceptors (Lipinski definition) is 2. The summed E-state index contributed by atoms with van der Waals surface area (Å²) in [6.07, 6.45) is 3.69. The maximum Gasteiger partial charge on any atom is 0.127 e. The third-order valence-electron chi connectivity index (χ3n) is 4.21. The van der Waals surface area contributed by atoms with Crippen molar-refractivity contribution in [3.05, 3.63) is 53.6 Å². The number of benzene rings is 2. The molecule has 0 aliphatic carbocycles. The summed E-state index contributed by atoms with van der Waals surface area (Å²) in [5, 5.41) is 4.19. The van der Waals surface area contributed by atoms with Crippen LogP contribution in [0.25, 0.3) is 11.1 Å². The van der Waals surface area contributed by atoms with Crippen LogP contribution in [-0.4, -0.2) is 19.7 Å². The maximum absolute atomic E-state index is 6.16. The molecule has 0 saturated carbocycles. The molecule has 2 aromatic carbocycles. The lowest BCUT2D eigenvalue weighted by Crippen LogP contribution is -2.30. The Hall–Kier alpha value is -1.51. The van der Waals surface area contributed by atoms with Crippen LogP contribution in [0.5, 0.6) is 5.75 Å². The number of hydrogen-bond donors (Lipinski definition) is 1. The molecule has 0 bridgehead atoms. The van der Waals surface area contributed by atoms with Gasteiger partial charge in [0.2, 0.25) is 0 Å². The Morgan fingerprint density at radius 1 is 1.14 bits per heavy atom. The highest BCUT2D eigenvalue weighted by atomic mass is 35.5. The molecule has 0 aromatic heterocycles. The Kier molecular flexibility index (Phi) is 5.36. The van der Waals surface area contributed by atoms with E-state index < -0.39 is 0 Å². The Labute approximate surface area is 137 Å². The first-order valence-electron chi connectivity index (χ1n) is 8.01. The average Bonchev–Trinajstić information content (AvgIpc) is 2.58. The molecular formula is C19H22ClNO. The zero-order valence-electron chi connectivity index (χ0n) is 12.7. The van der Waals surface area contributed by atoms with E-state index in [0.29, 0.717) is 0 Å². The standard InChI is InChI=1S/C19H22ClNO/c20-17-8-9-19(18(13-17)16-6-2-1-3-7-16)22-12-10-15-5-4-11-21-14-15/h1-3,6-9,13,15,21H,4-5,10-12,14H2/t15-/m1/s1. The first-order chi connectivity index (χ1) is 10.8. The van der Waals surface area contributed by atoms with E-state index in [0.717, 1.165) is 53.9 Å². The van der Waals surface area contributed by atoms with Crippen LogP contribution in [0, 0.1) is 5.92 Å². The van der Waals surface area contributed by atoms with Gasteiger partial charge in [0.15, 0.2) is 0 Å². The minimum atomic E-state index is 0.737. The van der Waals surface area contributed by atoms with Crippen LogP contribution in [0.3, 0.4) is 0 Å². The predicted octanol–water partition coefficient (Wildman–Crippen LogP) is 4.78. The van der Waals surface area contributed by atoms with E-state index in [-0.39, 0.29) is 0 Å². The SMILES string of the molecule is Clc1ccc(OCC[C@H]2CCCNC2)c(-c2ccccc2)c1. The fraction of sp³-hybridized carbons (Fsp3) is 0.368. The maximum atomic E-state index is 6.16. The van der Waals surface area contributed by atoms with Crippen LogP contribution in [0.4, 0.5) is 0 Å². The molecule has 0 amide bonds. The minimum Gasteiger partial charge on any atom is -0.493 e. The van der Waals surface area contributed by atoms with Gasteiger partial charge in [-0.3, -0.25) is 0 Å². The van der Waals surface area contributed by atoms with E-state index in [2.05, 4.69) is 17.4 Å². The Morgan fingerprint density at radius 3 is 2.77 bits per heavy atom. The Balaban J connectivity index is 1.68. The highest BCUT2D eigenvalue weighted by Crippen LogP contribution is 2.32. The third kappa shape index (κ3) is 4.02. The second-order valence-corrected chi connectivity index (χ2v) is 6.29. The summed E-state index contributed by atoms with van der Waals surface area (Å²) in [4.78, 5) is 0. The second kappa shape index (κ2) is 7.66. The van der Waals surface area contributed by atoms with Crippen LogP contribution in [0.2, 0.25) is 5.02 Å². The van der Waals surface area contributed by atoms with Crippen molar-refractivity contribution < 1.29 is 4.74 Å². The van der Waals surface area contributed by atoms with Crippen molar-refractivity contribution in [1.82, 2.24) is 5.32 Å². The normalized spacial score (nSPS) is 18.1. The summed E-state index contributed by atoms with van der Waals surface area (Å²) in [7, 11) is 0. The van der Waals surface area contributed by atoms with Crippen molar-refractivity contribution in [2.75, 3.05) is 19.7 Å². The number of nitrogens with one attached hydrogen (secondary N) is 1. The number of rotatable bonds is 5. The molecule has 3 heteroatoms. The summed E-state index contributed by atoms with van der Waals surface area (Å²) in [6.45, 7) is 3.04. The topological polar surface area (TPSA) is 21.3 Å². The molecule has 1 aliphatic rings. The van der Waals surface area contributed by atoms with Gasteiger partial charge in [0.05, 0.1) is 6.61 Å². The molecule has 0 spiro atoms. The quantitative estimate of drug-likeness (QED) is 0.857. The molecular weight excluding hydrogens is 294 g/mol. The third-order valence-corrected chi connectivity index (χ3v) is 4.44. The molecule has 1 aliphatic heterocycles. The Bertz CT molecular complexity index is 594. The fourth-order valence-corrected chi connectivity index (χ4v) is 3.15. The lowest BCUT2D eigenvalue weighted by molar-refractivity contribution is 0.255. The summed E-state index contributed by atoms with van der Waals surface area (Å²) in [5.41, 5.74) is 2.20. The van der Waals surface area contributed by atoms with E-state index in [1.54, 1.807) is 0 Å². The zero-order chi connectivity index (χ0) is 15.2.